The van der Waals surface area contributed by atoms with Crippen LogP contribution in [0.1, 0.15) is 48.9 Å². The summed E-state index contributed by atoms with van der Waals surface area (Å²) < 4.78 is 5.50. The predicted molar refractivity (Wildman–Crippen MR) is 101 cm³/mol. The second kappa shape index (κ2) is 8.53. The highest BCUT2D eigenvalue weighted by Gasteiger charge is 2.29. The van der Waals surface area contributed by atoms with Crippen molar-refractivity contribution >= 4 is 5.91 Å². The number of hydrogen-bond acceptors (Lipinski definition) is 3. The molecule has 4 nitrogen and oxygen atoms in total. The summed E-state index contributed by atoms with van der Waals surface area (Å²) in [5, 5.41) is 8.86. The summed E-state index contributed by atoms with van der Waals surface area (Å²) >= 11 is 0. The Balaban J connectivity index is 1.61. The molecule has 2 aromatic carbocycles. The molecule has 1 amide bonds. The third-order valence-electron chi connectivity index (χ3n) is 4.86. The fraction of sp³-hybridized carbons (Fsp3) is 0.364. The summed E-state index contributed by atoms with van der Waals surface area (Å²) in [6.07, 6.45) is 3.26. The maximum atomic E-state index is 12.7. The third kappa shape index (κ3) is 4.23. The monoisotopic (exact) mass is 348 g/mol. The fourth-order valence-corrected chi connectivity index (χ4v) is 3.51. The summed E-state index contributed by atoms with van der Waals surface area (Å²) in [6, 6.07) is 17.9. The Labute approximate surface area is 155 Å². The van der Waals surface area contributed by atoms with Crippen molar-refractivity contribution < 1.29 is 9.53 Å². The molecule has 1 saturated heterocycles. The molecule has 0 saturated carbocycles. The smallest absolute Gasteiger partial charge is 0.223 e. The van der Waals surface area contributed by atoms with Crippen LogP contribution in [0.3, 0.4) is 0 Å². The van der Waals surface area contributed by atoms with Gasteiger partial charge < -0.3 is 9.64 Å². The Hall–Kier alpha value is -2.80. The van der Waals surface area contributed by atoms with E-state index < -0.39 is 0 Å². The van der Waals surface area contributed by atoms with Gasteiger partial charge in [-0.05, 0) is 61.6 Å². The molecular formula is C22H24N2O2. The molecule has 1 aliphatic heterocycles. The first-order chi connectivity index (χ1) is 12.7. The van der Waals surface area contributed by atoms with Crippen LogP contribution in [0.25, 0.3) is 0 Å². The lowest BCUT2D eigenvalue weighted by Gasteiger charge is -2.25. The number of benzene rings is 2. The minimum Gasteiger partial charge on any atom is -0.494 e. The van der Waals surface area contributed by atoms with Gasteiger partial charge in [0.2, 0.25) is 5.91 Å². The lowest BCUT2D eigenvalue weighted by atomic mass is 10.0. The van der Waals surface area contributed by atoms with Gasteiger partial charge in [-0.2, -0.15) is 5.26 Å². The van der Waals surface area contributed by atoms with E-state index in [0.717, 1.165) is 30.7 Å². The number of nitrogens with zero attached hydrogens (tertiary/aromatic N) is 2. The third-order valence-corrected chi connectivity index (χ3v) is 4.86. The van der Waals surface area contributed by atoms with E-state index in [4.69, 9.17) is 10.00 Å². The molecule has 0 aromatic heterocycles. The molecule has 1 heterocycles. The zero-order valence-corrected chi connectivity index (χ0v) is 15.1. The van der Waals surface area contributed by atoms with Crippen LogP contribution in [0.5, 0.6) is 5.75 Å². The Morgan fingerprint density at radius 1 is 1.19 bits per heavy atom. The lowest BCUT2D eigenvalue weighted by Crippen LogP contribution is -2.30. The van der Waals surface area contributed by atoms with E-state index in [1.165, 1.54) is 5.56 Å². The first-order valence-corrected chi connectivity index (χ1v) is 9.22. The Morgan fingerprint density at radius 3 is 2.58 bits per heavy atom. The largest absolute Gasteiger partial charge is 0.494 e. The quantitative estimate of drug-likeness (QED) is 0.784. The van der Waals surface area contributed by atoms with Crippen molar-refractivity contribution in [3.63, 3.8) is 0 Å². The van der Waals surface area contributed by atoms with Gasteiger partial charge in [-0.25, -0.2) is 0 Å². The van der Waals surface area contributed by atoms with Crippen LogP contribution in [0.4, 0.5) is 0 Å². The standard InChI is InChI=1S/C22H24N2O2/c1-2-26-20-12-10-19(11-13-20)21-4-3-15-24(21)22(25)14-9-17-5-7-18(16-23)8-6-17/h5-8,10-13,21H,2-4,9,14-15H2,1H3. The van der Waals surface area contributed by atoms with E-state index in [9.17, 15) is 4.79 Å². The Kier molecular flexibility index (Phi) is 5.91. The van der Waals surface area contributed by atoms with E-state index in [1.807, 2.05) is 36.1 Å². The van der Waals surface area contributed by atoms with Crippen molar-refractivity contribution in [2.75, 3.05) is 13.2 Å². The van der Waals surface area contributed by atoms with Crippen LogP contribution in [0, 0.1) is 11.3 Å². The number of likely N-dealkylation sites (tertiary alicyclic amines) is 1. The summed E-state index contributed by atoms with van der Waals surface area (Å²) in [5.41, 5.74) is 2.92. The van der Waals surface area contributed by atoms with Gasteiger partial charge in [-0.15, -0.1) is 0 Å². The molecule has 0 radical (unpaired) electrons. The first kappa shape index (κ1) is 18.0. The maximum absolute atomic E-state index is 12.7. The molecule has 0 spiro atoms. The molecule has 1 aliphatic rings. The van der Waals surface area contributed by atoms with E-state index in [2.05, 4.69) is 18.2 Å². The zero-order chi connectivity index (χ0) is 18.4. The van der Waals surface area contributed by atoms with Gasteiger partial charge >= 0.3 is 0 Å². The van der Waals surface area contributed by atoms with E-state index in [1.54, 1.807) is 12.1 Å². The van der Waals surface area contributed by atoms with Crippen molar-refractivity contribution in [2.45, 2.75) is 38.6 Å². The SMILES string of the molecule is CCOc1ccc(C2CCCN2C(=O)CCc2ccc(C#N)cc2)cc1. The highest BCUT2D eigenvalue weighted by molar-refractivity contribution is 5.77. The summed E-state index contributed by atoms with van der Waals surface area (Å²) in [4.78, 5) is 14.8. The maximum Gasteiger partial charge on any atom is 0.223 e. The predicted octanol–water partition coefficient (Wildman–Crippen LogP) is 4.25. The Bertz CT molecular complexity index is 775. The van der Waals surface area contributed by atoms with Gasteiger partial charge in [0.1, 0.15) is 5.75 Å². The summed E-state index contributed by atoms with van der Waals surface area (Å²) in [6.45, 7) is 3.45. The first-order valence-electron chi connectivity index (χ1n) is 9.22. The Morgan fingerprint density at radius 2 is 1.92 bits per heavy atom. The number of carbonyl (C=O) groups is 1. The minimum absolute atomic E-state index is 0.166. The van der Waals surface area contributed by atoms with Gasteiger partial charge in [0.15, 0.2) is 0 Å². The van der Waals surface area contributed by atoms with Crippen molar-refractivity contribution in [3.05, 3.63) is 65.2 Å². The van der Waals surface area contributed by atoms with Crippen LogP contribution < -0.4 is 4.74 Å². The topological polar surface area (TPSA) is 53.3 Å². The molecule has 2 aromatic rings. The molecule has 1 unspecified atom stereocenters. The van der Waals surface area contributed by atoms with Crippen LogP contribution >= 0.6 is 0 Å². The summed E-state index contributed by atoms with van der Waals surface area (Å²) in [5.74, 6) is 1.07. The second-order valence-electron chi connectivity index (χ2n) is 6.56. The van der Waals surface area contributed by atoms with Gasteiger partial charge in [0, 0.05) is 13.0 Å². The molecule has 134 valence electrons. The number of nitriles is 1. The highest BCUT2D eigenvalue weighted by Crippen LogP contribution is 2.33. The van der Waals surface area contributed by atoms with Crippen LogP contribution in [-0.2, 0) is 11.2 Å². The van der Waals surface area contributed by atoms with Crippen LogP contribution in [0.2, 0.25) is 0 Å². The molecule has 0 aliphatic carbocycles. The van der Waals surface area contributed by atoms with Crippen LogP contribution in [-0.4, -0.2) is 24.0 Å². The van der Waals surface area contributed by atoms with Gasteiger partial charge in [-0.3, -0.25) is 4.79 Å². The molecule has 0 N–H and O–H groups in total. The molecule has 4 heteroatoms. The number of hydrogen-bond donors (Lipinski definition) is 0. The molecule has 1 atom stereocenters. The number of ether oxygens (including phenoxy) is 1. The lowest BCUT2D eigenvalue weighted by molar-refractivity contribution is -0.132. The molecule has 26 heavy (non-hydrogen) atoms. The van der Waals surface area contributed by atoms with E-state index >= 15 is 0 Å². The normalized spacial score (nSPS) is 16.3. The zero-order valence-electron chi connectivity index (χ0n) is 15.1. The molecule has 3 rings (SSSR count). The number of aryl methyl sites for hydroxylation is 1. The van der Waals surface area contributed by atoms with Crippen molar-refractivity contribution in [3.8, 4) is 11.8 Å². The van der Waals surface area contributed by atoms with Gasteiger partial charge in [0.05, 0.1) is 24.3 Å². The highest BCUT2D eigenvalue weighted by atomic mass is 16.5. The van der Waals surface area contributed by atoms with Crippen molar-refractivity contribution in [1.82, 2.24) is 4.90 Å². The van der Waals surface area contributed by atoms with Gasteiger partial charge in [-0.1, -0.05) is 24.3 Å². The van der Waals surface area contributed by atoms with E-state index in [0.29, 0.717) is 25.0 Å². The average molecular weight is 348 g/mol. The fourth-order valence-electron chi connectivity index (χ4n) is 3.51. The molecule has 0 bridgehead atoms. The molecular weight excluding hydrogens is 324 g/mol. The minimum atomic E-state index is 0.166. The number of amides is 1. The number of carbonyl (C=O) groups excluding carboxylic acids is 1. The van der Waals surface area contributed by atoms with E-state index in [-0.39, 0.29) is 11.9 Å². The van der Waals surface area contributed by atoms with Crippen molar-refractivity contribution in [1.29, 1.82) is 5.26 Å². The van der Waals surface area contributed by atoms with Crippen LogP contribution in [0.15, 0.2) is 48.5 Å². The average Bonchev–Trinajstić information content (AvgIpc) is 3.17. The second-order valence-corrected chi connectivity index (χ2v) is 6.56. The molecule has 1 fully saturated rings. The number of rotatable bonds is 6. The van der Waals surface area contributed by atoms with Crippen molar-refractivity contribution in [2.24, 2.45) is 0 Å². The van der Waals surface area contributed by atoms with Gasteiger partial charge in [0.25, 0.3) is 0 Å². The summed E-state index contributed by atoms with van der Waals surface area (Å²) in [7, 11) is 0.